The number of aliphatic hydroxyl groups is 11. The molecule has 19 nitrogen and oxygen atoms in total. The normalized spacial score (nSPS) is 30.2. The van der Waals surface area contributed by atoms with E-state index in [0.717, 1.165) is 44.9 Å². The van der Waals surface area contributed by atoms with Crippen molar-refractivity contribution >= 4 is 5.91 Å². The molecule has 19 heteroatoms. The number of ether oxygens (including phenoxy) is 6. The van der Waals surface area contributed by atoms with Crippen molar-refractivity contribution in [3.8, 4) is 0 Å². The monoisotopic (exact) mass is 1140 g/mol. The molecule has 468 valence electrons. The second-order valence-electron chi connectivity index (χ2n) is 23.2. The van der Waals surface area contributed by atoms with Crippen molar-refractivity contribution in [2.45, 2.75) is 349 Å². The summed E-state index contributed by atoms with van der Waals surface area (Å²) >= 11 is 0. The fourth-order valence-corrected chi connectivity index (χ4v) is 11.2. The first-order chi connectivity index (χ1) is 38.3. The highest BCUT2D eigenvalue weighted by molar-refractivity contribution is 5.76. The predicted octanol–water partition coefficient (Wildman–Crippen LogP) is 6.38. The quantitative estimate of drug-likeness (QED) is 0.0294. The first-order valence-electron chi connectivity index (χ1n) is 31.8. The van der Waals surface area contributed by atoms with Crippen molar-refractivity contribution in [2.24, 2.45) is 0 Å². The lowest BCUT2D eigenvalue weighted by Crippen LogP contribution is -2.66. The molecule has 0 aliphatic carbocycles. The van der Waals surface area contributed by atoms with E-state index in [2.05, 4.69) is 19.2 Å². The summed E-state index contributed by atoms with van der Waals surface area (Å²) in [6.07, 6.45) is 16.1. The Balaban J connectivity index is 1.47. The van der Waals surface area contributed by atoms with Crippen molar-refractivity contribution in [1.29, 1.82) is 0 Å². The minimum absolute atomic E-state index is 0.238. The van der Waals surface area contributed by atoms with Gasteiger partial charge in [0.2, 0.25) is 5.91 Å². The van der Waals surface area contributed by atoms with Crippen LogP contribution in [0, 0.1) is 0 Å². The topological polar surface area (TPSA) is 307 Å². The minimum Gasteiger partial charge on any atom is -0.394 e. The third kappa shape index (κ3) is 28.0. The third-order valence-corrected chi connectivity index (χ3v) is 16.4. The average molecular weight is 1140 g/mol. The van der Waals surface area contributed by atoms with Crippen LogP contribution in [0.15, 0.2) is 0 Å². The molecule has 0 aromatic carbocycles. The summed E-state index contributed by atoms with van der Waals surface area (Å²) in [6, 6.07) is -0.880. The molecule has 17 atom stereocenters. The summed E-state index contributed by atoms with van der Waals surface area (Å²) < 4.78 is 34.3. The van der Waals surface area contributed by atoms with Crippen molar-refractivity contribution in [3.05, 3.63) is 0 Å². The van der Waals surface area contributed by atoms with E-state index in [4.69, 9.17) is 28.4 Å². The molecule has 17 unspecified atom stereocenters. The van der Waals surface area contributed by atoms with Gasteiger partial charge >= 0.3 is 0 Å². The highest BCUT2D eigenvalue weighted by Gasteiger charge is 2.53. The molecule has 0 aromatic heterocycles. The van der Waals surface area contributed by atoms with Gasteiger partial charge in [-0.05, 0) is 12.8 Å². The van der Waals surface area contributed by atoms with Crippen molar-refractivity contribution < 1.29 is 89.4 Å². The van der Waals surface area contributed by atoms with Gasteiger partial charge in [-0.3, -0.25) is 4.79 Å². The lowest BCUT2D eigenvalue weighted by atomic mass is 9.96. The fourth-order valence-electron chi connectivity index (χ4n) is 11.2. The van der Waals surface area contributed by atoms with Gasteiger partial charge in [-0.2, -0.15) is 0 Å². The fraction of sp³-hybridized carbons (Fsp3) is 0.983. The van der Waals surface area contributed by atoms with Crippen LogP contribution in [0.4, 0.5) is 0 Å². The zero-order valence-electron chi connectivity index (χ0n) is 48.9. The highest BCUT2D eigenvalue weighted by Crippen LogP contribution is 2.33. The Bertz CT molecular complexity index is 1450. The maximum atomic E-state index is 13.4. The zero-order chi connectivity index (χ0) is 57.6. The zero-order valence-corrected chi connectivity index (χ0v) is 48.9. The van der Waals surface area contributed by atoms with E-state index in [1.165, 1.54) is 167 Å². The third-order valence-electron chi connectivity index (χ3n) is 16.4. The Morgan fingerprint density at radius 1 is 0.405 bits per heavy atom. The maximum absolute atomic E-state index is 13.4. The Morgan fingerprint density at radius 3 is 1.10 bits per heavy atom. The van der Waals surface area contributed by atoms with E-state index < -0.39 is 124 Å². The van der Waals surface area contributed by atoms with E-state index >= 15 is 0 Å². The smallest absolute Gasteiger partial charge is 0.220 e. The number of hydrogen-bond donors (Lipinski definition) is 12. The Labute approximate surface area is 474 Å². The predicted molar refractivity (Wildman–Crippen MR) is 300 cm³/mol. The Kier molecular flexibility index (Phi) is 40.4. The van der Waals surface area contributed by atoms with Gasteiger partial charge in [-0.1, -0.05) is 226 Å². The molecular formula is C60H115NO18. The van der Waals surface area contributed by atoms with Crippen LogP contribution >= 0.6 is 0 Å². The Morgan fingerprint density at radius 2 is 0.722 bits per heavy atom. The van der Waals surface area contributed by atoms with Crippen LogP contribution in [-0.2, 0) is 33.2 Å². The van der Waals surface area contributed by atoms with Gasteiger partial charge in [0.15, 0.2) is 18.9 Å². The summed E-state index contributed by atoms with van der Waals surface area (Å²) in [5.41, 5.74) is 0. The highest BCUT2D eigenvalue weighted by atomic mass is 16.8. The van der Waals surface area contributed by atoms with E-state index in [9.17, 15) is 61.0 Å². The summed E-state index contributed by atoms with van der Waals surface area (Å²) in [6.45, 7) is 1.82. The van der Waals surface area contributed by atoms with E-state index in [1.54, 1.807) is 0 Å². The SMILES string of the molecule is CCCCCCCCCCCCCCCCCCCCCC(=O)NC(COC1OC(CO)C(OC2OC(CO)C(OC3OC(CO)C(O)C(O)C3O)C(O)C2O)C(O)C1O)C(O)CCCCCCCCCCCCCCCCC. The molecule has 3 aliphatic rings. The van der Waals surface area contributed by atoms with E-state index in [-0.39, 0.29) is 18.9 Å². The van der Waals surface area contributed by atoms with Crippen LogP contribution < -0.4 is 5.32 Å². The van der Waals surface area contributed by atoms with Gasteiger partial charge in [-0.15, -0.1) is 0 Å². The molecule has 0 saturated carbocycles. The summed E-state index contributed by atoms with van der Waals surface area (Å²) in [4.78, 5) is 13.4. The molecule has 3 saturated heterocycles. The standard InChI is InChI=1S/C60H115NO18/c1-3-5-7-9-11-13-15-17-19-20-21-22-24-26-28-30-32-34-36-38-48(66)61-43(44(65)37-35-33-31-29-27-25-23-18-16-14-12-10-8-6-4-2)42-74-58-54(72)51(69)56(46(40-63)76-58)79-60-55(73)52(70)57(47(41-64)77-60)78-59-53(71)50(68)49(67)45(39-62)75-59/h43-47,49-60,62-65,67-73H,3-42H2,1-2H3,(H,61,66). The number of unbranched alkanes of at least 4 members (excludes halogenated alkanes) is 32. The molecule has 3 aliphatic heterocycles. The van der Waals surface area contributed by atoms with E-state index in [0.29, 0.717) is 12.8 Å². The van der Waals surface area contributed by atoms with Gasteiger partial charge in [0.1, 0.15) is 73.2 Å². The lowest BCUT2D eigenvalue weighted by Gasteiger charge is -2.48. The summed E-state index contributed by atoms with van der Waals surface area (Å²) in [7, 11) is 0. The molecular weight excluding hydrogens is 1020 g/mol. The number of rotatable bonds is 48. The minimum atomic E-state index is -1.97. The van der Waals surface area contributed by atoms with Crippen LogP contribution in [0.3, 0.4) is 0 Å². The lowest BCUT2D eigenvalue weighted by molar-refractivity contribution is -0.379. The number of aliphatic hydroxyl groups excluding tert-OH is 11. The molecule has 3 heterocycles. The molecule has 0 aromatic rings. The average Bonchev–Trinajstić information content (AvgIpc) is 3.47. The maximum Gasteiger partial charge on any atom is 0.220 e. The molecule has 0 bridgehead atoms. The van der Waals surface area contributed by atoms with Gasteiger partial charge in [0.05, 0.1) is 38.6 Å². The second-order valence-corrected chi connectivity index (χ2v) is 23.2. The van der Waals surface area contributed by atoms with Gasteiger partial charge < -0.3 is 89.9 Å². The molecule has 12 N–H and O–H groups in total. The number of hydrogen-bond acceptors (Lipinski definition) is 18. The molecule has 0 spiro atoms. The van der Waals surface area contributed by atoms with Crippen LogP contribution in [-0.4, -0.2) is 193 Å². The second kappa shape index (κ2) is 44.3. The van der Waals surface area contributed by atoms with Crippen LogP contribution in [0.1, 0.15) is 245 Å². The van der Waals surface area contributed by atoms with Gasteiger partial charge in [0.25, 0.3) is 0 Å². The van der Waals surface area contributed by atoms with Crippen LogP contribution in [0.25, 0.3) is 0 Å². The molecule has 3 rings (SSSR count). The largest absolute Gasteiger partial charge is 0.394 e. The molecule has 79 heavy (non-hydrogen) atoms. The van der Waals surface area contributed by atoms with Crippen molar-refractivity contribution in [3.63, 3.8) is 0 Å². The van der Waals surface area contributed by atoms with Gasteiger partial charge in [0, 0.05) is 6.42 Å². The number of carbonyl (C=O) groups is 1. The summed E-state index contributed by atoms with van der Waals surface area (Å²) in [5.74, 6) is -0.238. The van der Waals surface area contributed by atoms with Crippen LogP contribution in [0.2, 0.25) is 0 Å². The van der Waals surface area contributed by atoms with Crippen molar-refractivity contribution in [1.82, 2.24) is 5.32 Å². The molecule has 0 radical (unpaired) electrons. The summed E-state index contributed by atoms with van der Waals surface area (Å²) in [5, 5.41) is 120. The van der Waals surface area contributed by atoms with E-state index in [1.807, 2.05) is 0 Å². The molecule has 1 amide bonds. The van der Waals surface area contributed by atoms with Crippen molar-refractivity contribution in [2.75, 3.05) is 26.4 Å². The number of nitrogens with one attached hydrogen (secondary N) is 1. The molecule has 3 fully saturated rings. The Hall–Kier alpha value is -1.21. The first kappa shape index (κ1) is 72.1. The number of carbonyl (C=O) groups excluding carboxylic acids is 1. The van der Waals surface area contributed by atoms with Gasteiger partial charge in [-0.25, -0.2) is 0 Å². The van der Waals surface area contributed by atoms with Crippen LogP contribution in [0.5, 0.6) is 0 Å². The number of amides is 1. The first-order valence-corrected chi connectivity index (χ1v) is 31.8.